The molecule has 0 N–H and O–H groups in total. The van der Waals surface area contributed by atoms with Gasteiger partial charge in [-0.15, -0.1) is 10.2 Å². The van der Waals surface area contributed by atoms with E-state index in [9.17, 15) is 4.79 Å². The second kappa shape index (κ2) is 10.0. The second-order valence-electron chi connectivity index (χ2n) is 6.83. The topological polar surface area (TPSA) is 52.1 Å². The van der Waals surface area contributed by atoms with E-state index in [4.69, 9.17) is 4.74 Å². The maximum absolute atomic E-state index is 13.2. The molecule has 0 bridgehead atoms. The average Bonchev–Trinajstić information content (AvgIpc) is 2.84. The number of benzene rings is 3. The zero-order valence-electron chi connectivity index (χ0n) is 17.2. The molecule has 0 unspecified atom stereocenters. The summed E-state index contributed by atoms with van der Waals surface area (Å²) in [6, 6.07) is 29.7. The van der Waals surface area contributed by atoms with Crippen molar-refractivity contribution in [2.45, 2.75) is 17.7 Å². The summed E-state index contributed by atoms with van der Waals surface area (Å²) in [5.74, 6) is 0.296. The summed E-state index contributed by atoms with van der Waals surface area (Å²) in [5.41, 5.74) is 4.83. The summed E-state index contributed by atoms with van der Waals surface area (Å²) in [4.78, 5) is 13.2. The van der Waals surface area contributed by atoms with E-state index in [1.165, 1.54) is 11.8 Å². The molecule has 4 aromatic rings. The predicted octanol–water partition coefficient (Wildman–Crippen LogP) is 6.28. The van der Waals surface area contributed by atoms with Gasteiger partial charge in [-0.05, 0) is 18.1 Å². The number of hydrogen-bond donors (Lipinski definition) is 0. The summed E-state index contributed by atoms with van der Waals surface area (Å²) in [5, 5.41) is 9.60. The third-order valence-electron chi connectivity index (χ3n) is 4.75. The Labute approximate surface area is 186 Å². The first kappa shape index (κ1) is 20.8. The van der Waals surface area contributed by atoms with Crippen molar-refractivity contribution in [2.75, 3.05) is 6.61 Å². The quantitative estimate of drug-likeness (QED) is 0.257. The molecule has 4 rings (SSSR count). The molecule has 0 radical (unpaired) electrons. The van der Waals surface area contributed by atoms with Crippen LogP contribution in [0.5, 0.6) is 0 Å². The molecule has 5 heteroatoms. The molecule has 0 atom stereocenters. The molecule has 0 saturated heterocycles. The van der Waals surface area contributed by atoms with Crippen molar-refractivity contribution >= 4 is 17.7 Å². The molecule has 0 fully saturated rings. The Morgan fingerprint density at radius 3 is 2.00 bits per heavy atom. The minimum Gasteiger partial charge on any atom is -0.462 e. The number of thioether (sulfide) groups is 1. The number of carbonyl (C=O) groups is 1. The first-order valence-electron chi connectivity index (χ1n) is 10.1. The Hall–Kier alpha value is -3.44. The molecule has 0 amide bonds. The Morgan fingerprint density at radius 2 is 1.39 bits per heavy atom. The molecule has 0 aliphatic carbocycles. The summed E-state index contributed by atoms with van der Waals surface area (Å²) in [6.07, 6.45) is 0. The molecule has 4 nitrogen and oxygen atoms in total. The largest absolute Gasteiger partial charge is 0.462 e. The van der Waals surface area contributed by atoms with Crippen molar-refractivity contribution in [2.24, 2.45) is 0 Å². The highest BCUT2D eigenvalue weighted by Gasteiger charge is 2.25. The maximum atomic E-state index is 13.2. The molecule has 154 valence electrons. The summed E-state index contributed by atoms with van der Waals surface area (Å²) >= 11 is 1.49. The Kier molecular flexibility index (Phi) is 6.75. The van der Waals surface area contributed by atoms with Gasteiger partial charge in [0.2, 0.25) is 0 Å². The summed E-state index contributed by atoms with van der Waals surface area (Å²) < 4.78 is 5.45. The highest BCUT2D eigenvalue weighted by molar-refractivity contribution is 7.98. The van der Waals surface area contributed by atoms with Crippen LogP contribution in [0.15, 0.2) is 96.0 Å². The maximum Gasteiger partial charge on any atom is 0.341 e. The van der Waals surface area contributed by atoms with E-state index < -0.39 is 0 Å². The van der Waals surface area contributed by atoms with Crippen molar-refractivity contribution in [3.63, 3.8) is 0 Å². The standard InChI is InChI=1S/C26H22N2O2S/c1-2-30-26(29)23-22(20-14-8-4-9-15-20)24(21-16-10-5-11-17-21)27-28-25(23)31-18-19-12-6-3-7-13-19/h3-17H,2,18H2,1H3. The van der Waals surface area contributed by atoms with Gasteiger partial charge >= 0.3 is 5.97 Å². The highest BCUT2D eigenvalue weighted by atomic mass is 32.2. The number of hydrogen-bond acceptors (Lipinski definition) is 5. The van der Waals surface area contributed by atoms with Crippen LogP contribution in [0.4, 0.5) is 0 Å². The molecule has 0 aliphatic rings. The fourth-order valence-corrected chi connectivity index (χ4v) is 4.25. The van der Waals surface area contributed by atoms with Crippen LogP contribution in [0.25, 0.3) is 22.4 Å². The second-order valence-corrected chi connectivity index (χ2v) is 7.79. The van der Waals surface area contributed by atoms with Gasteiger partial charge in [0.25, 0.3) is 0 Å². The predicted molar refractivity (Wildman–Crippen MR) is 125 cm³/mol. The van der Waals surface area contributed by atoms with Crippen LogP contribution in [-0.2, 0) is 10.5 Å². The Morgan fingerprint density at radius 1 is 0.806 bits per heavy atom. The summed E-state index contributed by atoms with van der Waals surface area (Å²) in [7, 11) is 0. The van der Waals surface area contributed by atoms with Crippen molar-refractivity contribution in [3.8, 4) is 22.4 Å². The lowest BCUT2D eigenvalue weighted by atomic mass is 9.96. The van der Waals surface area contributed by atoms with Gasteiger partial charge in [0.1, 0.15) is 16.3 Å². The highest BCUT2D eigenvalue weighted by Crippen LogP contribution is 2.38. The van der Waals surface area contributed by atoms with E-state index in [1.54, 1.807) is 0 Å². The molecule has 0 aliphatic heterocycles. The van der Waals surface area contributed by atoms with Crippen molar-refractivity contribution in [1.29, 1.82) is 0 Å². The van der Waals surface area contributed by atoms with Gasteiger partial charge in [0.05, 0.1) is 6.61 Å². The van der Waals surface area contributed by atoms with Crippen LogP contribution in [0.1, 0.15) is 22.8 Å². The van der Waals surface area contributed by atoms with Crippen LogP contribution in [0.2, 0.25) is 0 Å². The third-order valence-corrected chi connectivity index (χ3v) is 5.79. The van der Waals surface area contributed by atoms with Gasteiger partial charge in [0.15, 0.2) is 0 Å². The van der Waals surface area contributed by atoms with Crippen LogP contribution in [-0.4, -0.2) is 22.8 Å². The van der Waals surface area contributed by atoms with Gasteiger partial charge in [-0.3, -0.25) is 0 Å². The van der Waals surface area contributed by atoms with Crippen LogP contribution >= 0.6 is 11.8 Å². The fraction of sp³-hybridized carbons (Fsp3) is 0.115. The minimum absolute atomic E-state index is 0.291. The first-order valence-corrected chi connectivity index (χ1v) is 11.1. The summed E-state index contributed by atoms with van der Waals surface area (Å²) in [6.45, 7) is 2.10. The Bertz CT molecular complexity index is 1150. The normalized spacial score (nSPS) is 10.6. The van der Waals surface area contributed by atoms with Crippen LogP contribution in [0.3, 0.4) is 0 Å². The van der Waals surface area contributed by atoms with Crippen LogP contribution < -0.4 is 0 Å². The minimum atomic E-state index is -0.385. The number of carbonyl (C=O) groups excluding carboxylic acids is 1. The van der Waals surface area contributed by atoms with E-state index in [0.29, 0.717) is 28.6 Å². The Balaban J connectivity index is 1.89. The van der Waals surface area contributed by atoms with E-state index in [0.717, 1.165) is 22.3 Å². The lowest BCUT2D eigenvalue weighted by molar-refractivity contribution is 0.0522. The van der Waals surface area contributed by atoms with Crippen molar-refractivity contribution in [1.82, 2.24) is 10.2 Å². The number of aromatic nitrogens is 2. The number of esters is 1. The fourth-order valence-electron chi connectivity index (χ4n) is 3.32. The van der Waals surface area contributed by atoms with Crippen molar-refractivity contribution < 1.29 is 9.53 Å². The zero-order valence-corrected chi connectivity index (χ0v) is 18.0. The van der Waals surface area contributed by atoms with Gasteiger partial charge in [-0.1, -0.05) is 103 Å². The van der Waals surface area contributed by atoms with Crippen molar-refractivity contribution in [3.05, 3.63) is 102 Å². The molecular weight excluding hydrogens is 404 g/mol. The van der Waals surface area contributed by atoms with Gasteiger partial charge in [0, 0.05) is 16.9 Å². The van der Waals surface area contributed by atoms with E-state index in [1.807, 2.05) is 85.8 Å². The lowest BCUT2D eigenvalue weighted by Gasteiger charge is -2.16. The molecule has 3 aromatic carbocycles. The number of rotatable bonds is 7. The van der Waals surface area contributed by atoms with Crippen LogP contribution in [0, 0.1) is 0 Å². The molecule has 0 spiro atoms. The molecule has 31 heavy (non-hydrogen) atoms. The molecule has 1 aromatic heterocycles. The monoisotopic (exact) mass is 426 g/mol. The first-order chi connectivity index (χ1) is 15.3. The van der Waals surface area contributed by atoms with Gasteiger partial charge in [-0.2, -0.15) is 0 Å². The average molecular weight is 427 g/mol. The molecular formula is C26H22N2O2S. The third kappa shape index (κ3) is 4.84. The number of nitrogens with zero attached hydrogens (tertiary/aromatic N) is 2. The SMILES string of the molecule is CCOC(=O)c1c(SCc2ccccc2)nnc(-c2ccccc2)c1-c1ccccc1. The van der Waals surface area contributed by atoms with Gasteiger partial charge < -0.3 is 4.74 Å². The van der Waals surface area contributed by atoms with E-state index in [2.05, 4.69) is 22.3 Å². The van der Waals surface area contributed by atoms with E-state index in [-0.39, 0.29) is 5.97 Å². The smallest absolute Gasteiger partial charge is 0.341 e. The zero-order chi connectivity index (χ0) is 21.5. The van der Waals surface area contributed by atoms with E-state index >= 15 is 0 Å². The lowest BCUT2D eigenvalue weighted by Crippen LogP contribution is -2.12. The molecule has 0 saturated carbocycles. The van der Waals surface area contributed by atoms with Gasteiger partial charge in [-0.25, -0.2) is 4.79 Å². The number of ether oxygens (including phenoxy) is 1. The molecule has 1 heterocycles.